The van der Waals surface area contributed by atoms with Crippen LogP contribution in [0, 0.1) is 18.6 Å². The number of hydrogen-bond donors (Lipinski definition) is 1. The van der Waals surface area contributed by atoms with Crippen molar-refractivity contribution in [1.29, 1.82) is 0 Å². The van der Waals surface area contributed by atoms with E-state index in [-0.39, 0.29) is 16.8 Å². The quantitative estimate of drug-likeness (QED) is 0.251. The number of ketones is 1. The van der Waals surface area contributed by atoms with Gasteiger partial charge in [-0.05, 0) is 62.7 Å². The average Bonchev–Trinajstić information content (AvgIpc) is 3.15. The summed E-state index contributed by atoms with van der Waals surface area (Å²) in [6.07, 6.45) is 0. The molecule has 3 aromatic carbocycles. The van der Waals surface area contributed by atoms with E-state index in [0.29, 0.717) is 17.4 Å². The minimum Gasteiger partial charge on any atom is -0.507 e. The third kappa shape index (κ3) is 4.67. The molecule has 1 heterocycles. The van der Waals surface area contributed by atoms with Crippen molar-refractivity contribution in [3.05, 3.63) is 94.6 Å². The topological polar surface area (TPSA) is 70.1 Å². The van der Waals surface area contributed by atoms with Gasteiger partial charge in [0.25, 0.3) is 11.7 Å². The standard InChI is InChI=1S/C29H28F2N2O4/c1-5-32(6-2)20-11-8-18(9-12-20)26-25(27(34)21-15-17(3)7-14-24(21)37-4)28(35)29(36)33(26)23-13-10-19(30)16-22(23)31/h7-16,26,34H,5-6H2,1-4H3/b27-25+. The van der Waals surface area contributed by atoms with Gasteiger partial charge in [-0.15, -0.1) is 0 Å². The summed E-state index contributed by atoms with van der Waals surface area (Å²) in [6, 6.07) is 13.9. The molecule has 6 nitrogen and oxygen atoms in total. The summed E-state index contributed by atoms with van der Waals surface area (Å²) >= 11 is 0. The summed E-state index contributed by atoms with van der Waals surface area (Å²) in [7, 11) is 1.43. The van der Waals surface area contributed by atoms with E-state index in [2.05, 4.69) is 4.90 Å². The van der Waals surface area contributed by atoms with Crippen LogP contribution < -0.4 is 14.5 Å². The molecule has 1 unspecified atom stereocenters. The summed E-state index contributed by atoms with van der Waals surface area (Å²) in [4.78, 5) is 29.7. The van der Waals surface area contributed by atoms with E-state index in [4.69, 9.17) is 4.74 Å². The van der Waals surface area contributed by atoms with E-state index in [1.54, 1.807) is 30.3 Å². The van der Waals surface area contributed by atoms with E-state index in [9.17, 15) is 23.5 Å². The van der Waals surface area contributed by atoms with Crippen LogP contribution in [0.3, 0.4) is 0 Å². The summed E-state index contributed by atoms with van der Waals surface area (Å²) in [5.74, 6) is -3.97. The first-order valence-corrected chi connectivity index (χ1v) is 12.0. The van der Waals surface area contributed by atoms with Crippen molar-refractivity contribution in [3.8, 4) is 5.75 Å². The van der Waals surface area contributed by atoms with Crippen LogP contribution in [0.5, 0.6) is 5.75 Å². The molecule has 0 bridgehead atoms. The number of rotatable bonds is 7. The number of anilines is 2. The second kappa shape index (κ2) is 10.4. The molecule has 1 fully saturated rings. The number of methoxy groups -OCH3 is 1. The Morgan fingerprint density at radius 1 is 1.00 bits per heavy atom. The molecule has 1 atom stereocenters. The number of Topliss-reactive ketones (excluding diaryl/α,β-unsaturated/α-hetero) is 1. The van der Waals surface area contributed by atoms with Crippen LogP contribution in [0.15, 0.2) is 66.2 Å². The Bertz CT molecular complexity index is 1380. The van der Waals surface area contributed by atoms with E-state index >= 15 is 0 Å². The van der Waals surface area contributed by atoms with E-state index in [1.165, 1.54) is 7.11 Å². The van der Waals surface area contributed by atoms with Gasteiger partial charge in [0, 0.05) is 24.8 Å². The molecule has 1 N–H and O–H groups in total. The Hall–Kier alpha value is -4.20. The lowest BCUT2D eigenvalue weighted by atomic mass is 9.94. The smallest absolute Gasteiger partial charge is 0.300 e. The van der Waals surface area contributed by atoms with Crippen molar-refractivity contribution in [3.63, 3.8) is 0 Å². The minimum atomic E-state index is -1.16. The number of halogens is 2. The Morgan fingerprint density at radius 3 is 2.27 bits per heavy atom. The van der Waals surface area contributed by atoms with E-state index < -0.39 is 35.1 Å². The molecule has 192 valence electrons. The third-order valence-electron chi connectivity index (χ3n) is 6.56. The lowest BCUT2D eigenvalue weighted by Crippen LogP contribution is -2.30. The van der Waals surface area contributed by atoms with Crippen LogP contribution in [0.4, 0.5) is 20.2 Å². The second-order valence-corrected chi connectivity index (χ2v) is 8.73. The van der Waals surface area contributed by atoms with Crippen molar-refractivity contribution in [2.24, 2.45) is 0 Å². The number of ether oxygens (including phenoxy) is 1. The number of benzene rings is 3. The van der Waals surface area contributed by atoms with Crippen molar-refractivity contribution >= 4 is 28.8 Å². The fourth-order valence-electron chi connectivity index (χ4n) is 4.68. The Balaban J connectivity index is 1.96. The molecule has 0 saturated carbocycles. The number of aliphatic hydroxyl groups excluding tert-OH is 1. The predicted octanol–water partition coefficient (Wildman–Crippen LogP) is 5.75. The molecule has 0 radical (unpaired) electrons. The fraction of sp³-hybridized carbons (Fsp3) is 0.241. The first-order chi connectivity index (χ1) is 17.7. The molecule has 1 saturated heterocycles. The van der Waals surface area contributed by atoms with Gasteiger partial charge in [0.05, 0.1) is 30.0 Å². The zero-order chi connectivity index (χ0) is 26.9. The van der Waals surface area contributed by atoms with Gasteiger partial charge in [0.1, 0.15) is 23.1 Å². The summed E-state index contributed by atoms with van der Waals surface area (Å²) in [5, 5.41) is 11.4. The Labute approximate surface area is 214 Å². The maximum Gasteiger partial charge on any atom is 0.300 e. The molecule has 1 aliphatic rings. The van der Waals surface area contributed by atoms with Crippen molar-refractivity contribution < 1.29 is 28.2 Å². The van der Waals surface area contributed by atoms with Gasteiger partial charge < -0.3 is 14.7 Å². The number of aryl methyl sites for hydroxylation is 1. The largest absolute Gasteiger partial charge is 0.507 e. The molecule has 0 spiro atoms. The number of carbonyl (C=O) groups excluding carboxylic acids is 2. The highest BCUT2D eigenvalue weighted by molar-refractivity contribution is 6.51. The molecule has 4 rings (SSSR count). The highest BCUT2D eigenvalue weighted by Gasteiger charge is 2.48. The van der Waals surface area contributed by atoms with E-state index in [0.717, 1.165) is 41.4 Å². The lowest BCUT2D eigenvalue weighted by Gasteiger charge is -2.27. The van der Waals surface area contributed by atoms with Crippen LogP contribution in [0.1, 0.15) is 36.6 Å². The molecular weight excluding hydrogens is 478 g/mol. The Kier molecular flexibility index (Phi) is 7.29. The second-order valence-electron chi connectivity index (χ2n) is 8.73. The van der Waals surface area contributed by atoms with Gasteiger partial charge in [-0.25, -0.2) is 8.78 Å². The van der Waals surface area contributed by atoms with Crippen LogP contribution in [0.2, 0.25) is 0 Å². The van der Waals surface area contributed by atoms with Crippen LogP contribution >= 0.6 is 0 Å². The molecule has 1 aliphatic heterocycles. The molecule has 8 heteroatoms. The van der Waals surface area contributed by atoms with E-state index in [1.807, 2.05) is 32.9 Å². The van der Waals surface area contributed by atoms with Gasteiger partial charge in [-0.2, -0.15) is 0 Å². The van der Waals surface area contributed by atoms with Gasteiger partial charge >= 0.3 is 0 Å². The highest BCUT2D eigenvalue weighted by Crippen LogP contribution is 2.44. The molecular formula is C29H28F2N2O4. The average molecular weight is 507 g/mol. The van der Waals surface area contributed by atoms with Gasteiger partial charge in [0.2, 0.25) is 0 Å². The van der Waals surface area contributed by atoms with Gasteiger partial charge in [0.15, 0.2) is 0 Å². The van der Waals surface area contributed by atoms with Crippen molar-refractivity contribution in [2.75, 3.05) is 30.0 Å². The van der Waals surface area contributed by atoms with Crippen molar-refractivity contribution in [1.82, 2.24) is 0 Å². The number of amides is 1. The normalized spacial score (nSPS) is 16.8. The molecule has 3 aromatic rings. The van der Waals surface area contributed by atoms with Crippen LogP contribution in [-0.4, -0.2) is 37.0 Å². The zero-order valence-corrected chi connectivity index (χ0v) is 21.1. The molecule has 1 amide bonds. The number of aliphatic hydroxyl groups is 1. The summed E-state index contributed by atoms with van der Waals surface area (Å²) < 4.78 is 34.0. The third-order valence-corrected chi connectivity index (χ3v) is 6.56. The maximum atomic E-state index is 14.9. The lowest BCUT2D eigenvalue weighted by molar-refractivity contribution is -0.132. The molecule has 0 aliphatic carbocycles. The van der Waals surface area contributed by atoms with Crippen LogP contribution in [0.25, 0.3) is 5.76 Å². The maximum absolute atomic E-state index is 14.9. The highest BCUT2D eigenvalue weighted by atomic mass is 19.1. The monoisotopic (exact) mass is 506 g/mol. The molecule has 0 aromatic heterocycles. The minimum absolute atomic E-state index is 0.215. The Morgan fingerprint density at radius 2 is 1.68 bits per heavy atom. The summed E-state index contributed by atoms with van der Waals surface area (Å²) in [6.45, 7) is 7.42. The fourth-order valence-corrected chi connectivity index (χ4v) is 4.68. The van der Waals surface area contributed by atoms with Crippen LogP contribution in [-0.2, 0) is 9.59 Å². The number of hydrogen-bond acceptors (Lipinski definition) is 5. The number of nitrogens with zero attached hydrogens (tertiary/aromatic N) is 2. The zero-order valence-electron chi connectivity index (χ0n) is 21.1. The number of carbonyl (C=O) groups is 2. The first-order valence-electron chi connectivity index (χ1n) is 12.0. The van der Waals surface area contributed by atoms with Crippen molar-refractivity contribution in [2.45, 2.75) is 26.8 Å². The van der Waals surface area contributed by atoms with Gasteiger partial charge in [-0.1, -0.05) is 23.8 Å². The summed E-state index contributed by atoms with van der Waals surface area (Å²) in [5.41, 5.74) is 1.95. The predicted molar refractivity (Wildman–Crippen MR) is 139 cm³/mol. The molecule has 37 heavy (non-hydrogen) atoms. The SMILES string of the molecule is CCN(CC)c1ccc(C2/C(=C(\O)c3cc(C)ccc3OC)C(=O)C(=O)N2c2ccc(F)cc2F)cc1. The van der Waals surface area contributed by atoms with Gasteiger partial charge in [-0.3, -0.25) is 14.5 Å². The first kappa shape index (κ1) is 25.9.